The van der Waals surface area contributed by atoms with Gasteiger partial charge in [0.25, 0.3) is 0 Å². The SMILES string of the molecule is CCCCCCCCOc1cc(CCl)ccn1. The molecule has 0 saturated heterocycles. The fraction of sp³-hybridized carbons (Fsp3) is 0.643. The molecule has 0 bridgehead atoms. The minimum atomic E-state index is 0.510. The molecule has 1 rings (SSSR count). The molecule has 3 heteroatoms. The first-order valence-corrected chi connectivity index (χ1v) is 7.04. The van der Waals surface area contributed by atoms with Gasteiger partial charge in [-0.15, -0.1) is 11.6 Å². The van der Waals surface area contributed by atoms with Crippen LogP contribution in [0.4, 0.5) is 0 Å². The molecule has 1 aromatic rings. The lowest BCUT2D eigenvalue weighted by atomic mass is 10.1. The van der Waals surface area contributed by atoms with Crippen molar-refractivity contribution >= 4 is 11.6 Å². The summed E-state index contributed by atoms with van der Waals surface area (Å²) in [7, 11) is 0. The fourth-order valence-corrected chi connectivity index (χ4v) is 1.84. The van der Waals surface area contributed by atoms with Crippen LogP contribution < -0.4 is 4.74 Å². The fourth-order valence-electron chi connectivity index (χ4n) is 1.67. The summed E-state index contributed by atoms with van der Waals surface area (Å²) in [5, 5.41) is 0. The van der Waals surface area contributed by atoms with Gasteiger partial charge in [0, 0.05) is 18.1 Å². The molecular formula is C14H22ClNO. The molecule has 0 amide bonds. The second-order valence-corrected chi connectivity index (χ2v) is 4.52. The van der Waals surface area contributed by atoms with E-state index in [4.69, 9.17) is 16.3 Å². The van der Waals surface area contributed by atoms with Gasteiger partial charge in [-0.25, -0.2) is 4.98 Å². The number of ether oxygens (including phenoxy) is 1. The van der Waals surface area contributed by atoms with Crippen molar-refractivity contribution in [3.8, 4) is 5.88 Å². The van der Waals surface area contributed by atoms with Crippen molar-refractivity contribution in [1.82, 2.24) is 4.98 Å². The van der Waals surface area contributed by atoms with Gasteiger partial charge in [-0.1, -0.05) is 39.0 Å². The third-order valence-corrected chi connectivity index (χ3v) is 3.01. The summed E-state index contributed by atoms with van der Waals surface area (Å²) in [5.74, 6) is 1.20. The Morgan fingerprint density at radius 2 is 1.94 bits per heavy atom. The topological polar surface area (TPSA) is 22.1 Å². The van der Waals surface area contributed by atoms with Crippen molar-refractivity contribution in [1.29, 1.82) is 0 Å². The van der Waals surface area contributed by atoms with Gasteiger partial charge in [0.2, 0.25) is 5.88 Å². The first-order valence-electron chi connectivity index (χ1n) is 6.50. The lowest BCUT2D eigenvalue weighted by Gasteiger charge is -2.05. The van der Waals surface area contributed by atoms with E-state index in [1.54, 1.807) is 6.20 Å². The number of unbranched alkanes of at least 4 members (excludes halogenated alkanes) is 5. The summed E-state index contributed by atoms with van der Waals surface area (Å²) in [5.41, 5.74) is 1.06. The lowest BCUT2D eigenvalue weighted by Crippen LogP contribution is -1.99. The number of aromatic nitrogens is 1. The number of nitrogens with zero attached hydrogens (tertiary/aromatic N) is 1. The molecular weight excluding hydrogens is 234 g/mol. The molecule has 1 heterocycles. The van der Waals surface area contributed by atoms with E-state index in [1.165, 1.54) is 32.1 Å². The summed E-state index contributed by atoms with van der Waals surface area (Å²) >= 11 is 5.75. The van der Waals surface area contributed by atoms with Crippen LogP contribution in [0.3, 0.4) is 0 Å². The zero-order valence-electron chi connectivity index (χ0n) is 10.6. The van der Waals surface area contributed by atoms with Crippen LogP contribution in [-0.4, -0.2) is 11.6 Å². The van der Waals surface area contributed by atoms with E-state index in [2.05, 4.69) is 11.9 Å². The minimum Gasteiger partial charge on any atom is -0.478 e. The molecule has 0 unspecified atom stereocenters. The Labute approximate surface area is 109 Å². The molecule has 0 aromatic carbocycles. The van der Waals surface area contributed by atoms with Crippen LogP contribution in [0, 0.1) is 0 Å². The van der Waals surface area contributed by atoms with Crippen LogP contribution in [0.1, 0.15) is 51.0 Å². The van der Waals surface area contributed by atoms with Gasteiger partial charge >= 0.3 is 0 Å². The van der Waals surface area contributed by atoms with E-state index < -0.39 is 0 Å². The molecule has 0 radical (unpaired) electrons. The van der Waals surface area contributed by atoms with Crippen molar-refractivity contribution in [2.24, 2.45) is 0 Å². The Kier molecular flexibility index (Phi) is 7.81. The van der Waals surface area contributed by atoms with Crippen LogP contribution in [0.2, 0.25) is 0 Å². The Balaban J connectivity index is 2.09. The van der Waals surface area contributed by atoms with Crippen LogP contribution in [-0.2, 0) is 5.88 Å². The second kappa shape index (κ2) is 9.29. The smallest absolute Gasteiger partial charge is 0.213 e. The molecule has 17 heavy (non-hydrogen) atoms. The van der Waals surface area contributed by atoms with Crippen molar-refractivity contribution < 1.29 is 4.74 Å². The molecule has 0 fully saturated rings. The van der Waals surface area contributed by atoms with Crippen molar-refractivity contribution in [3.63, 3.8) is 0 Å². The number of hydrogen-bond acceptors (Lipinski definition) is 2. The van der Waals surface area contributed by atoms with Crippen LogP contribution in [0.5, 0.6) is 5.88 Å². The number of alkyl halides is 1. The monoisotopic (exact) mass is 255 g/mol. The standard InChI is InChI=1S/C14H22ClNO/c1-2-3-4-5-6-7-10-17-14-11-13(12-15)8-9-16-14/h8-9,11H,2-7,10,12H2,1H3. The second-order valence-electron chi connectivity index (χ2n) is 4.25. The van der Waals surface area contributed by atoms with Crippen LogP contribution in [0.15, 0.2) is 18.3 Å². The predicted molar refractivity (Wildman–Crippen MR) is 72.7 cm³/mol. The van der Waals surface area contributed by atoms with Gasteiger partial charge in [-0.3, -0.25) is 0 Å². The maximum absolute atomic E-state index is 5.75. The van der Waals surface area contributed by atoms with E-state index in [9.17, 15) is 0 Å². The third-order valence-electron chi connectivity index (χ3n) is 2.70. The van der Waals surface area contributed by atoms with Gasteiger partial charge in [0.1, 0.15) is 0 Å². The summed E-state index contributed by atoms with van der Waals surface area (Å²) in [4.78, 5) is 4.15. The molecule has 0 aliphatic carbocycles. The highest BCUT2D eigenvalue weighted by Crippen LogP contribution is 2.12. The van der Waals surface area contributed by atoms with Crippen LogP contribution in [0.25, 0.3) is 0 Å². The van der Waals surface area contributed by atoms with Crippen LogP contribution >= 0.6 is 11.6 Å². The zero-order chi connectivity index (χ0) is 12.3. The average molecular weight is 256 g/mol. The summed E-state index contributed by atoms with van der Waals surface area (Å²) in [6, 6.07) is 3.81. The third kappa shape index (κ3) is 6.52. The summed E-state index contributed by atoms with van der Waals surface area (Å²) in [6.45, 7) is 2.99. The molecule has 2 nitrogen and oxygen atoms in total. The highest BCUT2D eigenvalue weighted by atomic mass is 35.5. The lowest BCUT2D eigenvalue weighted by molar-refractivity contribution is 0.293. The van der Waals surface area contributed by atoms with Gasteiger partial charge in [-0.2, -0.15) is 0 Å². The first kappa shape index (κ1) is 14.3. The van der Waals surface area contributed by atoms with E-state index in [1.807, 2.05) is 12.1 Å². The molecule has 96 valence electrons. The first-order chi connectivity index (χ1) is 8.36. The molecule has 0 saturated carbocycles. The van der Waals surface area contributed by atoms with Crippen molar-refractivity contribution in [2.75, 3.05) is 6.61 Å². The molecule has 0 aliphatic heterocycles. The minimum absolute atomic E-state index is 0.510. The summed E-state index contributed by atoms with van der Waals surface area (Å²) < 4.78 is 5.59. The Bertz CT molecular complexity index is 304. The predicted octanol–water partition coefficient (Wildman–Crippen LogP) is 4.56. The normalized spacial score (nSPS) is 10.5. The van der Waals surface area contributed by atoms with E-state index in [0.29, 0.717) is 11.8 Å². The largest absolute Gasteiger partial charge is 0.478 e. The Hall–Kier alpha value is -0.760. The number of pyridine rings is 1. The van der Waals surface area contributed by atoms with E-state index in [0.717, 1.165) is 18.6 Å². The van der Waals surface area contributed by atoms with Gasteiger partial charge < -0.3 is 4.74 Å². The number of hydrogen-bond donors (Lipinski definition) is 0. The highest BCUT2D eigenvalue weighted by molar-refractivity contribution is 6.17. The molecule has 0 spiro atoms. The van der Waals surface area contributed by atoms with Gasteiger partial charge in [0.05, 0.1) is 6.61 Å². The molecule has 0 atom stereocenters. The molecule has 0 N–H and O–H groups in total. The molecule has 0 aliphatic rings. The number of rotatable bonds is 9. The Morgan fingerprint density at radius 3 is 2.71 bits per heavy atom. The highest BCUT2D eigenvalue weighted by Gasteiger charge is 1.97. The average Bonchev–Trinajstić information content (AvgIpc) is 2.38. The van der Waals surface area contributed by atoms with Crippen molar-refractivity contribution in [2.45, 2.75) is 51.3 Å². The summed E-state index contributed by atoms with van der Waals surface area (Å²) in [6.07, 6.45) is 9.40. The maximum Gasteiger partial charge on any atom is 0.213 e. The maximum atomic E-state index is 5.75. The Morgan fingerprint density at radius 1 is 1.18 bits per heavy atom. The quantitative estimate of drug-likeness (QED) is 0.477. The van der Waals surface area contributed by atoms with Gasteiger partial charge in [0.15, 0.2) is 0 Å². The molecule has 1 aromatic heterocycles. The number of halogens is 1. The van der Waals surface area contributed by atoms with Crippen molar-refractivity contribution in [3.05, 3.63) is 23.9 Å². The van der Waals surface area contributed by atoms with Gasteiger partial charge in [-0.05, 0) is 18.1 Å². The zero-order valence-corrected chi connectivity index (χ0v) is 11.4. The van der Waals surface area contributed by atoms with E-state index in [-0.39, 0.29) is 0 Å². The van der Waals surface area contributed by atoms with E-state index >= 15 is 0 Å².